The van der Waals surface area contributed by atoms with Crippen LogP contribution in [0, 0.1) is 0 Å². The predicted molar refractivity (Wildman–Crippen MR) is 307 cm³/mol. The maximum Gasteiger partial charge on any atom is 0.306 e. The summed E-state index contributed by atoms with van der Waals surface area (Å²) in [6.07, 6.45) is 71.2. The third-order valence-corrected chi connectivity index (χ3v) is 14.8. The van der Waals surface area contributed by atoms with E-state index in [4.69, 9.17) is 14.2 Å². The Bertz CT molecular complexity index is 1100. The number of rotatable bonds is 60. The Hall–Kier alpha value is -1.85. The van der Waals surface area contributed by atoms with Crippen LogP contribution in [0.1, 0.15) is 367 Å². The minimum absolute atomic E-state index is 0.0630. The van der Waals surface area contributed by atoms with Gasteiger partial charge >= 0.3 is 17.9 Å². The lowest BCUT2D eigenvalue weighted by molar-refractivity contribution is -0.167. The van der Waals surface area contributed by atoms with Gasteiger partial charge in [-0.25, -0.2) is 0 Å². The second kappa shape index (κ2) is 60.7. The van der Waals surface area contributed by atoms with Crippen LogP contribution in [0.2, 0.25) is 0 Å². The first-order valence-electron chi connectivity index (χ1n) is 32.2. The summed E-state index contributed by atoms with van der Waals surface area (Å²) in [5.41, 5.74) is 0. The molecule has 0 aromatic rings. The van der Waals surface area contributed by atoms with Crippen molar-refractivity contribution in [1.29, 1.82) is 0 Å². The Balaban J connectivity index is 3.91. The molecule has 0 fully saturated rings. The molecule has 0 rings (SSSR count). The smallest absolute Gasteiger partial charge is 0.306 e. The van der Waals surface area contributed by atoms with E-state index in [2.05, 4.69) is 32.9 Å². The van der Waals surface area contributed by atoms with E-state index in [9.17, 15) is 14.4 Å². The SMILES string of the molecule is CCCCCCCCCC/C=C\CCCCCCCCCCCCCCCCCCCCCCCC(=O)OCC(COC(=O)CCCCCCCCCCCC)OC(=O)CCCCCCCCCCCC. The normalized spacial score (nSPS) is 12.0. The molecule has 0 aliphatic rings. The highest BCUT2D eigenvalue weighted by Gasteiger charge is 2.19. The monoisotopic (exact) mass is 1000 g/mol. The van der Waals surface area contributed by atoms with E-state index < -0.39 is 6.10 Å². The van der Waals surface area contributed by atoms with Gasteiger partial charge in [0, 0.05) is 19.3 Å². The Kier molecular flexibility index (Phi) is 59.1. The van der Waals surface area contributed by atoms with Crippen molar-refractivity contribution in [1.82, 2.24) is 0 Å². The van der Waals surface area contributed by atoms with E-state index in [0.29, 0.717) is 19.3 Å². The van der Waals surface area contributed by atoms with Crippen molar-refractivity contribution in [3.05, 3.63) is 12.2 Å². The predicted octanol–water partition coefficient (Wildman–Crippen LogP) is 21.7. The second-order valence-electron chi connectivity index (χ2n) is 22.0. The van der Waals surface area contributed by atoms with Gasteiger partial charge in [-0.2, -0.15) is 0 Å². The molecule has 0 saturated carbocycles. The van der Waals surface area contributed by atoms with Crippen LogP contribution in [0.4, 0.5) is 0 Å². The van der Waals surface area contributed by atoms with Crippen molar-refractivity contribution in [2.45, 2.75) is 374 Å². The average Bonchev–Trinajstić information content (AvgIpc) is 3.37. The Labute approximate surface area is 443 Å². The fraction of sp³-hybridized carbons (Fsp3) is 0.923. The Morgan fingerprint density at radius 2 is 0.465 bits per heavy atom. The molecular weight excluding hydrogens is 877 g/mol. The quantitative estimate of drug-likeness (QED) is 0.0261. The van der Waals surface area contributed by atoms with E-state index >= 15 is 0 Å². The number of hydrogen-bond acceptors (Lipinski definition) is 6. The molecule has 0 bridgehead atoms. The third-order valence-electron chi connectivity index (χ3n) is 14.8. The van der Waals surface area contributed by atoms with E-state index in [0.717, 1.165) is 57.8 Å². The molecule has 0 aliphatic carbocycles. The molecule has 71 heavy (non-hydrogen) atoms. The number of ether oxygens (including phenoxy) is 3. The summed E-state index contributed by atoms with van der Waals surface area (Å²) in [6, 6.07) is 0. The molecular formula is C65H124O6. The van der Waals surface area contributed by atoms with Crippen molar-refractivity contribution in [3.8, 4) is 0 Å². The summed E-state index contributed by atoms with van der Waals surface area (Å²) >= 11 is 0. The number of allylic oxidation sites excluding steroid dienone is 2. The lowest BCUT2D eigenvalue weighted by atomic mass is 10.0. The summed E-state index contributed by atoms with van der Waals surface area (Å²) in [7, 11) is 0. The number of hydrogen-bond donors (Lipinski definition) is 0. The van der Waals surface area contributed by atoms with Crippen LogP contribution in [0.3, 0.4) is 0 Å². The molecule has 0 spiro atoms. The van der Waals surface area contributed by atoms with Gasteiger partial charge in [0.1, 0.15) is 13.2 Å². The molecule has 0 saturated heterocycles. The van der Waals surface area contributed by atoms with Crippen LogP contribution in [-0.2, 0) is 28.6 Å². The topological polar surface area (TPSA) is 78.9 Å². The maximum absolute atomic E-state index is 12.8. The van der Waals surface area contributed by atoms with Gasteiger partial charge < -0.3 is 14.2 Å². The molecule has 0 aromatic carbocycles. The van der Waals surface area contributed by atoms with E-state index in [1.165, 1.54) is 270 Å². The Morgan fingerprint density at radius 3 is 0.704 bits per heavy atom. The molecule has 0 amide bonds. The number of esters is 3. The van der Waals surface area contributed by atoms with Gasteiger partial charge in [-0.15, -0.1) is 0 Å². The largest absolute Gasteiger partial charge is 0.462 e. The van der Waals surface area contributed by atoms with E-state index in [1.807, 2.05) is 0 Å². The minimum Gasteiger partial charge on any atom is -0.462 e. The zero-order valence-electron chi connectivity index (χ0n) is 48.3. The average molecular weight is 1000 g/mol. The van der Waals surface area contributed by atoms with Crippen molar-refractivity contribution in [2.75, 3.05) is 13.2 Å². The van der Waals surface area contributed by atoms with Crippen molar-refractivity contribution < 1.29 is 28.6 Å². The van der Waals surface area contributed by atoms with Crippen LogP contribution in [0.5, 0.6) is 0 Å². The highest BCUT2D eigenvalue weighted by molar-refractivity contribution is 5.71. The van der Waals surface area contributed by atoms with E-state index in [-0.39, 0.29) is 31.1 Å². The third kappa shape index (κ3) is 58.9. The molecule has 0 aromatic heterocycles. The molecule has 0 heterocycles. The fourth-order valence-corrected chi connectivity index (χ4v) is 9.91. The van der Waals surface area contributed by atoms with Crippen LogP contribution in [-0.4, -0.2) is 37.2 Å². The molecule has 420 valence electrons. The lowest BCUT2D eigenvalue weighted by Gasteiger charge is -2.18. The summed E-state index contributed by atoms with van der Waals surface area (Å²) in [6.45, 7) is 6.67. The van der Waals surface area contributed by atoms with Gasteiger partial charge in [-0.3, -0.25) is 14.4 Å². The summed E-state index contributed by atoms with van der Waals surface area (Å²) < 4.78 is 16.8. The first-order valence-corrected chi connectivity index (χ1v) is 32.2. The Morgan fingerprint density at radius 1 is 0.268 bits per heavy atom. The standard InChI is InChI=1S/C65H124O6/c1-4-7-10-13-16-19-22-23-24-25-26-27-28-29-30-31-32-33-34-35-36-37-38-39-40-41-42-43-44-47-49-52-55-58-64(67)70-61-62(71-65(68)59-56-53-50-46-21-18-15-12-9-6-3)60-69-63(66)57-54-51-48-45-20-17-14-11-8-5-2/h25-26,62H,4-24,27-61H2,1-3H3/b26-25-. The zero-order chi connectivity index (χ0) is 51.4. The zero-order valence-corrected chi connectivity index (χ0v) is 48.3. The molecule has 0 radical (unpaired) electrons. The van der Waals surface area contributed by atoms with Gasteiger partial charge in [0.15, 0.2) is 6.10 Å². The first kappa shape index (κ1) is 69.2. The van der Waals surface area contributed by atoms with Gasteiger partial charge in [0.25, 0.3) is 0 Å². The summed E-state index contributed by atoms with van der Waals surface area (Å²) in [5, 5.41) is 0. The van der Waals surface area contributed by atoms with Crippen LogP contribution >= 0.6 is 0 Å². The molecule has 6 nitrogen and oxygen atoms in total. The lowest BCUT2D eigenvalue weighted by Crippen LogP contribution is -2.30. The second-order valence-corrected chi connectivity index (χ2v) is 22.0. The van der Waals surface area contributed by atoms with Crippen LogP contribution in [0.15, 0.2) is 12.2 Å². The van der Waals surface area contributed by atoms with Crippen LogP contribution < -0.4 is 0 Å². The van der Waals surface area contributed by atoms with Crippen LogP contribution in [0.25, 0.3) is 0 Å². The summed E-state index contributed by atoms with van der Waals surface area (Å²) in [5.74, 6) is -0.842. The van der Waals surface area contributed by atoms with Crippen molar-refractivity contribution >= 4 is 17.9 Å². The van der Waals surface area contributed by atoms with Gasteiger partial charge in [0.05, 0.1) is 0 Å². The molecule has 0 aliphatic heterocycles. The van der Waals surface area contributed by atoms with Crippen molar-refractivity contribution in [3.63, 3.8) is 0 Å². The highest BCUT2D eigenvalue weighted by atomic mass is 16.6. The fourth-order valence-electron chi connectivity index (χ4n) is 9.91. The van der Waals surface area contributed by atoms with Gasteiger partial charge in [-0.05, 0) is 44.9 Å². The van der Waals surface area contributed by atoms with E-state index in [1.54, 1.807) is 0 Å². The van der Waals surface area contributed by atoms with Crippen molar-refractivity contribution in [2.24, 2.45) is 0 Å². The number of carbonyl (C=O) groups is 3. The molecule has 6 heteroatoms. The van der Waals surface area contributed by atoms with Gasteiger partial charge in [-0.1, -0.05) is 315 Å². The number of carbonyl (C=O) groups excluding carboxylic acids is 3. The summed E-state index contributed by atoms with van der Waals surface area (Å²) in [4.78, 5) is 38.0. The molecule has 0 N–H and O–H groups in total. The molecule has 1 atom stereocenters. The number of unbranched alkanes of at least 4 members (excludes halogenated alkanes) is 47. The van der Waals surface area contributed by atoms with Gasteiger partial charge in [0.2, 0.25) is 0 Å². The minimum atomic E-state index is -0.761. The maximum atomic E-state index is 12.8. The highest BCUT2D eigenvalue weighted by Crippen LogP contribution is 2.18. The molecule has 1 unspecified atom stereocenters. The first-order chi connectivity index (χ1) is 35.0.